The van der Waals surface area contributed by atoms with Crippen LogP contribution in [-0.4, -0.2) is 16.6 Å². The molecule has 118 valence electrons. The first-order valence-corrected chi connectivity index (χ1v) is 8.14. The van der Waals surface area contributed by atoms with Crippen LogP contribution in [0, 0.1) is 0 Å². The molecule has 3 aromatic rings. The average Bonchev–Trinajstić information content (AvgIpc) is 2.64. The third kappa shape index (κ3) is 3.94. The van der Waals surface area contributed by atoms with Crippen LogP contribution in [0.3, 0.4) is 0 Å². The van der Waals surface area contributed by atoms with Crippen LogP contribution < -0.4 is 5.43 Å². The molecule has 1 aromatic heterocycles. The first kappa shape index (κ1) is 16.1. The number of rotatable bonds is 4. The van der Waals surface area contributed by atoms with Gasteiger partial charge < -0.3 is 0 Å². The summed E-state index contributed by atoms with van der Waals surface area (Å²) in [6, 6.07) is 22.3. The van der Waals surface area contributed by atoms with Gasteiger partial charge in [0.1, 0.15) is 5.71 Å². The van der Waals surface area contributed by atoms with E-state index in [0.29, 0.717) is 17.0 Å². The van der Waals surface area contributed by atoms with Crippen LogP contribution >= 0.6 is 15.9 Å². The normalized spacial score (nSPS) is 11.1. The summed E-state index contributed by atoms with van der Waals surface area (Å²) in [7, 11) is 0. The van der Waals surface area contributed by atoms with Crippen LogP contribution in [0.5, 0.6) is 0 Å². The van der Waals surface area contributed by atoms with Crippen molar-refractivity contribution in [3.63, 3.8) is 0 Å². The van der Waals surface area contributed by atoms with E-state index in [1.807, 2.05) is 60.7 Å². The van der Waals surface area contributed by atoms with E-state index in [2.05, 4.69) is 31.4 Å². The van der Waals surface area contributed by atoms with Gasteiger partial charge in [0.05, 0.1) is 5.69 Å². The van der Waals surface area contributed by atoms with E-state index in [1.54, 1.807) is 18.3 Å². The molecule has 0 aliphatic heterocycles. The number of halogens is 1. The molecule has 24 heavy (non-hydrogen) atoms. The summed E-state index contributed by atoms with van der Waals surface area (Å²) >= 11 is 3.35. The van der Waals surface area contributed by atoms with Gasteiger partial charge in [0.25, 0.3) is 5.91 Å². The fourth-order valence-corrected chi connectivity index (χ4v) is 2.41. The minimum atomic E-state index is -0.271. The molecule has 0 fully saturated rings. The molecule has 0 atom stereocenters. The molecule has 1 amide bonds. The Morgan fingerprint density at radius 1 is 0.875 bits per heavy atom. The Labute approximate surface area is 148 Å². The topological polar surface area (TPSA) is 54.4 Å². The molecule has 1 N–H and O–H groups in total. The summed E-state index contributed by atoms with van der Waals surface area (Å²) in [6.07, 6.45) is 1.70. The van der Waals surface area contributed by atoms with Gasteiger partial charge in [-0.2, -0.15) is 5.10 Å². The van der Waals surface area contributed by atoms with Gasteiger partial charge in [0, 0.05) is 21.8 Å². The Morgan fingerprint density at radius 2 is 1.58 bits per heavy atom. The van der Waals surface area contributed by atoms with Gasteiger partial charge in [-0.25, -0.2) is 5.43 Å². The van der Waals surface area contributed by atoms with Crippen LogP contribution in [0.25, 0.3) is 0 Å². The zero-order valence-electron chi connectivity index (χ0n) is 12.7. The summed E-state index contributed by atoms with van der Waals surface area (Å²) in [5.41, 5.74) is 5.34. The monoisotopic (exact) mass is 379 g/mol. The van der Waals surface area contributed by atoms with Crippen molar-refractivity contribution in [3.05, 3.63) is 100 Å². The van der Waals surface area contributed by atoms with Crippen molar-refractivity contribution in [2.75, 3.05) is 0 Å². The molecule has 0 saturated heterocycles. The summed E-state index contributed by atoms with van der Waals surface area (Å²) in [6.45, 7) is 0. The SMILES string of the molecule is O=C(NN=C(c1ccccc1)c1ccccn1)c1ccc(Br)cc1. The van der Waals surface area contributed by atoms with Crippen LogP contribution in [0.15, 0.2) is 88.6 Å². The highest BCUT2D eigenvalue weighted by Crippen LogP contribution is 2.11. The quantitative estimate of drug-likeness (QED) is 0.549. The molecular formula is C19H14BrN3O. The Kier molecular flexibility index (Phi) is 5.13. The number of carbonyl (C=O) groups excluding carboxylic acids is 1. The second kappa shape index (κ2) is 7.66. The number of hydrogen-bond donors (Lipinski definition) is 1. The maximum Gasteiger partial charge on any atom is 0.271 e. The number of aromatic nitrogens is 1. The van der Waals surface area contributed by atoms with Gasteiger partial charge in [0.15, 0.2) is 0 Å². The van der Waals surface area contributed by atoms with Crippen molar-refractivity contribution in [2.45, 2.75) is 0 Å². The van der Waals surface area contributed by atoms with Crippen molar-refractivity contribution in [3.8, 4) is 0 Å². The predicted octanol–water partition coefficient (Wildman–Crippen LogP) is 4.03. The molecule has 1 heterocycles. The van der Waals surface area contributed by atoms with Gasteiger partial charge in [-0.05, 0) is 36.4 Å². The molecule has 4 nitrogen and oxygen atoms in total. The number of benzene rings is 2. The van der Waals surface area contributed by atoms with Gasteiger partial charge in [-0.15, -0.1) is 0 Å². The molecule has 0 radical (unpaired) electrons. The van der Waals surface area contributed by atoms with E-state index in [1.165, 1.54) is 0 Å². The number of carbonyl (C=O) groups is 1. The first-order valence-electron chi connectivity index (χ1n) is 7.34. The van der Waals surface area contributed by atoms with E-state index < -0.39 is 0 Å². The van der Waals surface area contributed by atoms with Gasteiger partial charge in [-0.1, -0.05) is 52.3 Å². The maximum atomic E-state index is 12.3. The Bertz CT molecular complexity index is 805. The number of pyridine rings is 1. The highest BCUT2D eigenvalue weighted by Gasteiger charge is 2.10. The van der Waals surface area contributed by atoms with Crippen molar-refractivity contribution in [2.24, 2.45) is 5.10 Å². The van der Waals surface area contributed by atoms with Crippen LogP contribution in [-0.2, 0) is 0 Å². The number of amides is 1. The fourth-order valence-electron chi connectivity index (χ4n) is 2.14. The Morgan fingerprint density at radius 3 is 2.25 bits per heavy atom. The second-order valence-corrected chi connectivity index (χ2v) is 5.90. The van der Waals surface area contributed by atoms with E-state index in [0.717, 1.165) is 10.0 Å². The van der Waals surface area contributed by atoms with E-state index in [4.69, 9.17) is 0 Å². The van der Waals surface area contributed by atoms with Crippen molar-refractivity contribution < 1.29 is 4.79 Å². The van der Waals surface area contributed by atoms with Gasteiger partial charge in [0.2, 0.25) is 0 Å². The molecule has 0 aliphatic carbocycles. The third-order valence-corrected chi connectivity index (χ3v) is 3.86. The van der Waals surface area contributed by atoms with Crippen molar-refractivity contribution >= 4 is 27.5 Å². The molecule has 3 rings (SSSR count). The van der Waals surface area contributed by atoms with Gasteiger partial charge >= 0.3 is 0 Å². The number of nitrogens with one attached hydrogen (secondary N) is 1. The third-order valence-electron chi connectivity index (χ3n) is 3.33. The first-order chi connectivity index (χ1) is 11.7. The average molecular weight is 380 g/mol. The van der Waals surface area contributed by atoms with Crippen LogP contribution in [0.2, 0.25) is 0 Å². The molecule has 0 aliphatic rings. The maximum absolute atomic E-state index is 12.3. The van der Waals surface area contributed by atoms with Crippen LogP contribution in [0.4, 0.5) is 0 Å². The highest BCUT2D eigenvalue weighted by atomic mass is 79.9. The second-order valence-electron chi connectivity index (χ2n) is 4.99. The van der Waals surface area contributed by atoms with E-state index in [-0.39, 0.29) is 5.91 Å². The molecule has 5 heteroatoms. The zero-order valence-corrected chi connectivity index (χ0v) is 14.3. The molecular weight excluding hydrogens is 366 g/mol. The summed E-state index contributed by atoms with van der Waals surface area (Å²) in [5.74, 6) is -0.271. The lowest BCUT2D eigenvalue weighted by atomic mass is 10.1. The Balaban J connectivity index is 1.90. The summed E-state index contributed by atoms with van der Waals surface area (Å²) in [5, 5.41) is 4.31. The lowest BCUT2D eigenvalue weighted by Gasteiger charge is -2.07. The van der Waals surface area contributed by atoms with Gasteiger partial charge in [-0.3, -0.25) is 9.78 Å². The summed E-state index contributed by atoms with van der Waals surface area (Å²) < 4.78 is 0.918. The largest absolute Gasteiger partial charge is 0.271 e. The summed E-state index contributed by atoms with van der Waals surface area (Å²) in [4.78, 5) is 16.6. The molecule has 0 unspecified atom stereocenters. The van der Waals surface area contributed by atoms with Crippen molar-refractivity contribution in [1.29, 1.82) is 0 Å². The molecule has 2 aromatic carbocycles. The Hall–Kier alpha value is -2.79. The predicted molar refractivity (Wildman–Crippen MR) is 97.9 cm³/mol. The molecule has 0 saturated carbocycles. The minimum absolute atomic E-state index is 0.271. The molecule has 0 bridgehead atoms. The van der Waals surface area contributed by atoms with Crippen molar-refractivity contribution in [1.82, 2.24) is 10.4 Å². The zero-order chi connectivity index (χ0) is 16.8. The number of hydrogen-bond acceptors (Lipinski definition) is 3. The standard InChI is InChI=1S/C19H14BrN3O/c20-16-11-9-15(10-12-16)19(24)23-22-18(14-6-2-1-3-7-14)17-8-4-5-13-21-17/h1-13H,(H,23,24). The number of hydrazone groups is 1. The van der Waals surface area contributed by atoms with E-state index >= 15 is 0 Å². The highest BCUT2D eigenvalue weighted by molar-refractivity contribution is 9.10. The number of nitrogens with zero attached hydrogens (tertiary/aromatic N) is 2. The smallest absolute Gasteiger partial charge is 0.267 e. The van der Waals surface area contributed by atoms with Crippen LogP contribution in [0.1, 0.15) is 21.6 Å². The minimum Gasteiger partial charge on any atom is -0.267 e. The lowest BCUT2D eigenvalue weighted by Crippen LogP contribution is -2.21. The fraction of sp³-hybridized carbons (Fsp3) is 0. The molecule has 0 spiro atoms. The van der Waals surface area contributed by atoms with E-state index in [9.17, 15) is 4.79 Å². The lowest BCUT2D eigenvalue weighted by molar-refractivity contribution is 0.0955.